The minimum absolute atomic E-state index is 0.187. The zero-order valence-electron chi connectivity index (χ0n) is 10.2. The van der Waals surface area contributed by atoms with E-state index in [0.717, 1.165) is 0 Å². The maximum absolute atomic E-state index is 11.7. The molecule has 0 fully saturated rings. The molecule has 0 aromatic carbocycles. The second kappa shape index (κ2) is 5.74. The Hall–Kier alpha value is -1.47. The van der Waals surface area contributed by atoms with E-state index in [0.29, 0.717) is 19.5 Å². The van der Waals surface area contributed by atoms with E-state index in [1.54, 1.807) is 6.92 Å². The lowest BCUT2D eigenvalue weighted by molar-refractivity contribution is 0.0517. The summed E-state index contributed by atoms with van der Waals surface area (Å²) in [6.45, 7) is 4.66. The number of nitrogens with zero attached hydrogens (tertiary/aromatic N) is 3. The Balaban J connectivity index is 2.52. The Morgan fingerprint density at radius 3 is 3.00 bits per heavy atom. The summed E-state index contributed by atoms with van der Waals surface area (Å²) in [7, 11) is 0. The summed E-state index contributed by atoms with van der Waals surface area (Å²) in [6.07, 6.45) is 2.09. The number of nitrogens with one attached hydrogen (secondary N) is 1. The maximum Gasteiger partial charge on any atom is 0.273 e. The zero-order chi connectivity index (χ0) is 12.9. The summed E-state index contributed by atoms with van der Waals surface area (Å²) >= 11 is 0. The lowest BCUT2D eigenvalue weighted by Gasteiger charge is -2.20. The Morgan fingerprint density at radius 1 is 1.71 bits per heavy atom. The standard InChI is InChI=1S/C10H19N5O2/c1-3-10(2,17)7-12-9(16)8-6-15(5-4-11)14-13-8/h6,17H,3-5,7,11H2,1-2H3,(H,12,16). The van der Waals surface area contributed by atoms with Crippen molar-refractivity contribution in [2.45, 2.75) is 32.4 Å². The Labute approximate surface area is 100.0 Å². The molecule has 0 saturated heterocycles. The van der Waals surface area contributed by atoms with Gasteiger partial charge in [-0.15, -0.1) is 5.10 Å². The average molecular weight is 241 g/mol. The number of amides is 1. The predicted molar refractivity (Wildman–Crippen MR) is 62.3 cm³/mol. The van der Waals surface area contributed by atoms with Gasteiger partial charge in [-0.1, -0.05) is 12.1 Å². The van der Waals surface area contributed by atoms with Crippen molar-refractivity contribution in [1.82, 2.24) is 20.3 Å². The molecule has 0 aliphatic heterocycles. The molecule has 1 amide bonds. The molecule has 4 N–H and O–H groups in total. The van der Waals surface area contributed by atoms with E-state index in [4.69, 9.17) is 5.73 Å². The van der Waals surface area contributed by atoms with E-state index in [2.05, 4.69) is 15.6 Å². The van der Waals surface area contributed by atoms with E-state index >= 15 is 0 Å². The van der Waals surface area contributed by atoms with Crippen LogP contribution in [-0.2, 0) is 6.54 Å². The number of nitrogens with two attached hydrogens (primary N) is 1. The monoisotopic (exact) mass is 241 g/mol. The molecule has 1 rings (SSSR count). The van der Waals surface area contributed by atoms with E-state index in [9.17, 15) is 9.90 Å². The molecule has 0 radical (unpaired) electrons. The molecule has 1 aromatic heterocycles. The van der Waals surface area contributed by atoms with Crippen molar-refractivity contribution >= 4 is 5.91 Å². The lowest BCUT2D eigenvalue weighted by atomic mass is 10.0. The molecule has 0 bridgehead atoms. The quantitative estimate of drug-likeness (QED) is 0.600. The third-order valence-electron chi connectivity index (χ3n) is 2.52. The Bertz CT molecular complexity index is 375. The lowest BCUT2D eigenvalue weighted by Crippen LogP contribution is -2.40. The van der Waals surface area contributed by atoms with Crippen molar-refractivity contribution in [2.75, 3.05) is 13.1 Å². The van der Waals surface area contributed by atoms with Gasteiger partial charge in [-0.3, -0.25) is 9.48 Å². The van der Waals surface area contributed by atoms with Crippen LogP contribution in [-0.4, -0.2) is 44.7 Å². The van der Waals surface area contributed by atoms with Gasteiger partial charge >= 0.3 is 0 Å². The van der Waals surface area contributed by atoms with Gasteiger partial charge in [-0.2, -0.15) is 0 Å². The van der Waals surface area contributed by atoms with Crippen LogP contribution in [0.5, 0.6) is 0 Å². The SMILES string of the molecule is CCC(C)(O)CNC(=O)c1cn(CCN)nn1. The van der Waals surface area contributed by atoms with E-state index in [1.807, 2.05) is 6.92 Å². The highest BCUT2D eigenvalue weighted by Crippen LogP contribution is 2.06. The first-order valence-corrected chi connectivity index (χ1v) is 5.59. The van der Waals surface area contributed by atoms with Crippen LogP contribution in [0.25, 0.3) is 0 Å². The van der Waals surface area contributed by atoms with Gasteiger partial charge in [-0.05, 0) is 13.3 Å². The summed E-state index contributed by atoms with van der Waals surface area (Å²) in [5.41, 5.74) is 4.68. The molecular formula is C10H19N5O2. The van der Waals surface area contributed by atoms with Crippen LogP contribution in [0.15, 0.2) is 6.20 Å². The fraction of sp³-hybridized carbons (Fsp3) is 0.700. The molecule has 0 aliphatic rings. The van der Waals surface area contributed by atoms with Crippen LogP contribution in [0, 0.1) is 0 Å². The molecule has 0 spiro atoms. The van der Waals surface area contributed by atoms with Crippen LogP contribution in [0.2, 0.25) is 0 Å². The van der Waals surface area contributed by atoms with Crippen LogP contribution in [0.1, 0.15) is 30.8 Å². The third-order valence-corrected chi connectivity index (χ3v) is 2.52. The van der Waals surface area contributed by atoms with Gasteiger partial charge in [-0.25, -0.2) is 0 Å². The highest BCUT2D eigenvalue weighted by atomic mass is 16.3. The topological polar surface area (TPSA) is 106 Å². The molecule has 96 valence electrons. The fourth-order valence-corrected chi connectivity index (χ4v) is 1.13. The summed E-state index contributed by atoms with van der Waals surface area (Å²) in [4.78, 5) is 11.7. The summed E-state index contributed by atoms with van der Waals surface area (Å²) < 4.78 is 1.51. The number of aliphatic hydroxyl groups is 1. The van der Waals surface area contributed by atoms with Crippen molar-refractivity contribution in [3.8, 4) is 0 Å². The van der Waals surface area contributed by atoms with Crippen LogP contribution in [0.4, 0.5) is 0 Å². The largest absolute Gasteiger partial charge is 0.388 e. The van der Waals surface area contributed by atoms with Gasteiger partial charge in [0.25, 0.3) is 5.91 Å². The van der Waals surface area contributed by atoms with Crippen LogP contribution in [0.3, 0.4) is 0 Å². The summed E-state index contributed by atoms with van der Waals surface area (Å²) in [5, 5.41) is 19.8. The van der Waals surface area contributed by atoms with Gasteiger partial charge in [0.15, 0.2) is 5.69 Å². The van der Waals surface area contributed by atoms with Gasteiger partial charge in [0.05, 0.1) is 18.3 Å². The van der Waals surface area contributed by atoms with Gasteiger partial charge < -0.3 is 16.2 Å². The first-order chi connectivity index (χ1) is 7.98. The van der Waals surface area contributed by atoms with Crippen LogP contribution < -0.4 is 11.1 Å². The first-order valence-electron chi connectivity index (χ1n) is 5.59. The van der Waals surface area contributed by atoms with Gasteiger partial charge in [0.1, 0.15) is 0 Å². The van der Waals surface area contributed by atoms with Crippen LogP contribution >= 0.6 is 0 Å². The second-order valence-electron chi connectivity index (χ2n) is 4.19. The van der Waals surface area contributed by atoms with Crippen molar-refractivity contribution in [2.24, 2.45) is 5.73 Å². The second-order valence-corrected chi connectivity index (χ2v) is 4.19. The number of rotatable bonds is 6. The normalized spacial score (nSPS) is 14.4. The third kappa shape index (κ3) is 4.12. The first kappa shape index (κ1) is 13.6. The molecule has 0 saturated carbocycles. The number of carbonyl (C=O) groups is 1. The summed E-state index contributed by atoms with van der Waals surface area (Å²) in [5.74, 6) is -0.345. The highest BCUT2D eigenvalue weighted by molar-refractivity contribution is 5.91. The van der Waals surface area contributed by atoms with Crippen molar-refractivity contribution in [3.63, 3.8) is 0 Å². The highest BCUT2D eigenvalue weighted by Gasteiger charge is 2.19. The Kier molecular flexibility index (Phi) is 4.59. The number of carbonyl (C=O) groups excluding carboxylic acids is 1. The minimum atomic E-state index is -0.900. The van der Waals surface area contributed by atoms with Gasteiger partial charge in [0, 0.05) is 13.1 Å². The predicted octanol–water partition coefficient (Wildman–Crippen LogP) is -0.872. The number of hydrogen-bond acceptors (Lipinski definition) is 5. The summed E-state index contributed by atoms with van der Waals surface area (Å²) in [6, 6.07) is 0. The van der Waals surface area contributed by atoms with E-state index < -0.39 is 5.60 Å². The molecule has 0 aliphatic carbocycles. The van der Waals surface area contributed by atoms with Crippen molar-refractivity contribution < 1.29 is 9.90 Å². The minimum Gasteiger partial charge on any atom is -0.388 e. The molecule has 1 unspecified atom stereocenters. The molecule has 1 heterocycles. The zero-order valence-corrected chi connectivity index (χ0v) is 10.2. The average Bonchev–Trinajstić information content (AvgIpc) is 2.75. The Morgan fingerprint density at radius 2 is 2.41 bits per heavy atom. The fourth-order valence-electron chi connectivity index (χ4n) is 1.13. The smallest absolute Gasteiger partial charge is 0.273 e. The van der Waals surface area contributed by atoms with E-state index in [-0.39, 0.29) is 18.1 Å². The number of hydrogen-bond donors (Lipinski definition) is 3. The van der Waals surface area contributed by atoms with Crippen molar-refractivity contribution in [3.05, 3.63) is 11.9 Å². The van der Waals surface area contributed by atoms with Crippen molar-refractivity contribution in [1.29, 1.82) is 0 Å². The maximum atomic E-state index is 11.7. The molecule has 7 nitrogen and oxygen atoms in total. The molecule has 17 heavy (non-hydrogen) atoms. The van der Waals surface area contributed by atoms with E-state index in [1.165, 1.54) is 10.9 Å². The molecule has 1 aromatic rings. The molecule has 7 heteroatoms. The number of aromatic nitrogens is 3. The van der Waals surface area contributed by atoms with Gasteiger partial charge in [0.2, 0.25) is 0 Å². The molecular weight excluding hydrogens is 222 g/mol. The molecule has 1 atom stereocenters.